The average molecular weight is 368 g/mol. The number of carbonyl (C=O) groups is 1. The van der Waals surface area contributed by atoms with Gasteiger partial charge in [0.1, 0.15) is 0 Å². The molecule has 0 amide bonds. The third-order valence-electron chi connectivity index (χ3n) is 4.82. The zero-order valence-electron chi connectivity index (χ0n) is 15.3. The van der Waals surface area contributed by atoms with Crippen molar-refractivity contribution in [3.63, 3.8) is 0 Å². The van der Waals surface area contributed by atoms with Gasteiger partial charge in [-0.05, 0) is 27.1 Å². The van der Waals surface area contributed by atoms with Gasteiger partial charge in [-0.1, -0.05) is 91.0 Å². The van der Waals surface area contributed by atoms with E-state index < -0.39 is 5.97 Å². The second-order valence-electron chi connectivity index (χ2n) is 6.58. The Hall–Kier alpha value is -3.43. The topological polar surface area (TPSA) is 46.5 Å². The van der Waals surface area contributed by atoms with Gasteiger partial charge in [0.15, 0.2) is 0 Å². The van der Waals surface area contributed by atoms with Crippen molar-refractivity contribution in [2.75, 3.05) is 6.61 Å². The molecule has 0 saturated carbocycles. The second kappa shape index (κ2) is 8.07. The van der Waals surface area contributed by atoms with Gasteiger partial charge < -0.3 is 9.84 Å². The number of aromatic carboxylic acids is 1. The molecule has 0 aliphatic heterocycles. The highest BCUT2D eigenvalue weighted by Crippen LogP contribution is 2.33. The summed E-state index contributed by atoms with van der Waals surface area (Å²) in [4.78, 5) is 12.1. The molecule has 0 aromatic heterocycles. The van der Waals surface area contributed by atoms with Gasteiger partial charge in [0.2, 0.25) is 0 Å². The maximum absolute atomic E-state index is 12.1. The lowest BCUT2D eigenvalue weighted by Crippen LogP contribution is -2.07. The molecular formula is C25H20O3. The average Bonchev–Trinajstić information content (AvgIpc) is 2.74. The molecule has 3 nitrogen and oxygen atoms in total. The fourth-order valence-corrected chi connectivity index (χ4v) is 3.59. The van der Waals surface area contributed by atoms with E-state index in [4.69, 9.17) is 4.74 Å². The maximum atomic E-state index is 12.1. The van der Waals surface area contributed by atoms with Crippen molar-refractivity contribution in [1.29, 1.82) is 0 Å². The predicted octanol–water partition coefficient (Wildman–Crippen LogP) is 5.92. The molecule has 1 N–H and O–H groups in total. The summed E-state index contributed by atoms with van der Waals surface area (Å²) in [6, 6.07) is 25.5. The highest BCUT2D eigenvalue weighted by Gasteiger charge is 2.18. The van der Waals surface area contributed by atoms with E-state index in [-0.39, 0.29) is 6.61 Å². The second-order valence-corrected chi connectivity index (χ2v) is 6.58. The van der Waals surface area contributed by atoms with Gasteiger partial charge in [-0.2, -0.15) is 0 Å². The molecule has 0 fully saturated rings. The molecular weight excluding hydrogens is 348 g/mol. The van der Waals surface area contributed by atoms with E-state index in [0.717, 1.165) is 32.7 Å². The molecule has 0 spiro atoms. The number of carboxylic acid groups (broad SMARTS) is 1. The van der Waals surface area contributed by atoms with Crippen LogP contribution in [0.1, 0.15) is 21.5 Å². The summed E-state index contributed by atoms with van der Waals surface area (Å²) in [7, 11) is 0. The van der Waals surface area contributed by atoms with Crippen molar-refractivity contribution in [1.82, 2.24) is 0 Å². The molecule has 0 bridgehead atoms. The predicted molar refractivity (Wildman–Crippen MR) is 114 cm³/mol. The minimum atomic E-state index is -0.930. The Morgan fingerprint density at radius 1 is 0.786 bits per heavy atom. The number of hydrogen-bond acceptors (Lipinski definition) is 2. The summed E-state index contributed by atoms with van der Waals surface area (Å²) in [6.07, 6.45) is 3.94. The number of rotatable bonds is 6. The molecule has 0 unspecified atom stereocenters. The molecule has 3 heteroatoms. The zero-order valence-corrected chi connectivity index (χ0v) is 15.3. The molecule has 0 aliphatic carbocycles. The van der Waals surface area contributed by atoms with Crippen LogP contribution in [0, 0.1) is 0 Å². The van der Waals surface area contributed by atoms with Crippen molar-refractivity contribution in [2.45, 2.75) is 6.61 Å². The maximum Gasteiger partial charge on any atom is 0.336 e. The Morgan fingerprint density at radius 3 is 2.04 bits per heavy atom. The molecule has 4 aromatic carbocycles. The van der Waals surface area contributed by atoms with Crippen LogP contribution in [-0.2, 0) is 11.3 Å². The van der Waals surface area contributed by atoms with Crippen molar-refractivity contribution >= 4 is 33.6 Å². The molecule has 0 radical (unpaired) electrons. The van der Waals surface area contributed by atoms with Crippen molar-refractivity contribution in [3.8, 4) is 0 Å². The summed E-state index contributed by atoms with van der Waals surface area (Å²) in [5.41, 5.74) is 2.14. The monoisotopic (exact) mass is 368 g/mol. The lowest BCUT2D eigenvalue weighted by molar-refractivity contribution is 0.0693. The van der Waals surface area contributed by atoms with Crippen LogP contribution in [0.4, 0.5) is 0 Å². The third kappa shape index (κ3) is 3.53. The van der Waals surface area contributed by atoms with E-state index in [1.165, 1.54) is 0 Å². The highest BCUT2D eigenvalue weighted by atomic mass is 16.5. The van der Waals surface area contributed by atoms with E-state index in [2.05, 4.69) is 0 Å². The number of fused-ring (bicyclic) bond motifs is 3. The summed E-state index contributed by atoms with van der Waals surface area (Å²) in [6.45, 7) is 0.654. The van der Waals surface area contributed by atoms with Crippen molar-refractivity contribution in [2.24, 2.45) is 0 Å². The Morgan fingerprint density at radius 2 is 1.36 bits per heavy atom. The Kier molecular flexibility index (Phi) is 5.18. The van der Waals surface area contributed by atoms with Crippen LogP contribution >= 0.6 is 0 Å². The number of hydrogen-bond donors (Lipinski definition) is 1. The molecule has 0 heterocycles. The number of benzene rings is 4. The molecule has 138 valence electrons. The first-order valence-corrected chi connectivity index (χ1v) is 9.20. The standard InChI is InChI=1S/C25H20O3/c26-25(27)24-22-15-7-6-13-20(22)19-12-4-5-14-21(19)23(24)17-28-16-8-11-18-9-2-1-3-10-18/h1-15H,16-17H2,(H,26,27)/b11-8-. The van der Waals surface area contributed by atoms with Gasteiger partial charge >= 0.3 is 5.97 Å². The van der Waals surface area contributed by atoms with Gasteiger partial charge in [-0.15, -0.1) is 0 Å². The zero-order chi connectivity index (χ0) is 19.3. The normalized spacial score (nSPS) is 11.4. The molecule has 0 aliphatic rings. The minimum absolute atomic E-state index is 0.242. The minimum Gasteiger partial charge on any atom is -0.478 e. The first kappa shape index (κ1) is 18.0. The van der Waals surface area contributed by atoms with E-state index >= 15 is 0 Å². The van der Waals surface area contributed by atoms with E-state index in [1.807, 2.05) is 91.0 Å². The summed E-state index contributed by atoms with van der Waals surface area (Å²) < 4.78 is 5.84. The molecule has 0 saturated heterocycles. The molecule has 4 rings (SSSR count). The van der Waals surface area contributed by atoms with Crippen LogP contribution < -0.4 is 0 Å². The fraction of sp³-hybridized carbons (Fsp3) is 0.0800. The quantitative estimate of drug-likeness (QED) is 0.339. The van der Waals surface area contributed by atoms with Crippen molar-refractivity contribution < 1.29 is 14.6 Å². The lowest BCUT2D eigenvalue weighted by Gasteiger charge is -2.15. The van der Waals surface area contributed by atoms with Crippen LogP contribution in [0.5, 0.6) is 0 Å². The SMILES string of the molecule is O=C(O)c1c(COC/C=C\c2ccccc2)c2ccccc2c2ccccc12. The number of carboxylic acids is 1. The van der Waals surface area contributed by atoms with Gasteiger partial charge in [0.05, 0.1) is 18.8 Å². The van der Waals surface area contributed by atoms with Gasteiger partial charge in [-0.3, -0.25) is 0 Å². The van der Waals surface area contributed by atoms with Crippen LogP contribution in [0.25, 0.3) is 27.6 Å². The van der Waals surface area contributed by atoms with Crippen LogP contribution in [0.2, 0.25) is 0 Å². The van der Waals surface area contributed by atoms with Gasteiger partial charge in [0.25, 0.3) is 0 Å². The third-order valence-corrected chi connectivity index (χ3v) is 4.82. The lowest BCUT2D eigenvalue weighted by atomic mass is 9.92. The highest BCUT2D eigenvalue weighted by molar-refractivity contribution is 6.17. The first-order valence-electron chi connectivity index (χ1n) is 9.20. The first-order chi connectivity index (χ1) is 13.8. The Bertz CT molecular complexity index is 1160. The fourth-order valence-electron chi connectivity index (χ4n) is 3.59. The molecule has 28 heavy (non-hydrogen) atoms. The van der Waals surface area contributed by atoms with Crippen LogP contribution in [-0.4, -0.2) is 17.7 Å². The molecule has 0 atom stereocenters. The smallest absolute Gasteiger partial charge is 0.336 e. The van der Waals surface area contributed by atoms with E-state index in [9.17, 15) is 9.90 Å². The summed E-state index contributed by atoms with van der Waals surface area (Å²) in [5, 5.41) is 13.6. The van der Waals surface area contributed by atoms with Gasteiger partial charge in [0, 0.05) is 5.56 Å². The Balaban J connectivity index is 1.68. The summed E-state index contributed by atoms with van der Waals surface area (Å²) in [5.74, 6) is -0.930. The molecule has 4 aromatic rings. The van der Waals surface area contributed by atoms with Crippen molar-refractivity contribution in [3.05, 3.63) is 102 Å². The van der Waals surface area contributed by atoms with Gasteiger partial charge in [-0.25, -0.2) is 4.79 Å². The van der Waals surface area contributed by atoms with Crippen LogP contribution in [0.15, 0.2) is 84.9 Å². The van der Waals surface area contributed by atoms with Crippen LogP contribution in [0.3, 0.4) is 0 Å². The number of ether oxygens (including phenoxy) is 1. The van der Waals surface area contributed by atoms with E-state index in [1.54, 1.807) is 0 Å². The Labute approximate surface area is 163 Å². The largest absolute Gasteiger partial charge is 0.478 e. The summed E-state index contributed by atoms with van der Waals surface area (Å²) >= 11 is 0. The van der Waals surface area contributed by atoms with E-state index in [0.29, 0.717) is 12.2 Å².